The van der Waals surface area contributed by atoms with Crippen molar-refractivity contribution >= 4 is 46.6 Å². The van der Waals surface area contributed by atoms with E-state index < -0.39 is 6.04 Å². The minimum Gasteiger partial charge on any atom is -0.322 e. The molecule has 1 atom stereocenters. The molecule has 6 heteroatoms. The van der Waals surface area contributed by atoms with E-state index in [-0.39, 0.29) is 5.91 Å². The number of hydrogen-bond donors (Lipinski definition) is 2. The van der Waals surface area contributed by atoms with Crippen molar-refractivity contribution in [2.45, 2.75) is 19.4 Å². The third-order valence-corrected chi connectivity index (χ3v) is 3.95. The van der Waals surface area contributed by atoms with Crippen molar-refractivity contribution in [1.82, 2.24) is 0 Å². The van der Waals surface area contributed by atoms with Gasteiger partial charge >= 0.3 is 0 Å². The van der Waals surface area contributed by atoms with Crippen molar-refractivity contribution in [1.29, 1.82) is 0 Å². The maximum atomic E-state index is 11.9. The zero-order chi connectivity index (χ0) is 13.7. The van der Waals surface area contributed by atoms with Crippen LogP contribution in [0.5, 0.6) is 0 Å². The molecule has 3 N–H and O–H groups in total. The van der Waals surface area contributed by atoms with Gasteiger partial charge in [-0.05, 0) is 37.0 Å². The van der Waals surface area contributed by atoms with Gasteiger partial charge in [0, 0.05) is 0 Å². The molecule has 0 heterocycles. The van der Waals surface area contributed by atoms with Crippen molar-refractivity contribution < 1.29 is 4.79 Å². The van der Waals surface area contributed by atoms with E-state index in [1.54, 1.807) is 23.9 Å². The highest BCUT2D eigenvalue weighted by Gasteiger charge is 2.16. The topological polar surface area (TPSA) is 55.1 Å². The lowest BCUT2D eigenvalue weighted by atomic mass is 10.2. The lowest BCUT2D eigenvalue weighted by Gasteiger charge is -2.14. The molecule has 1 amide bonds. The molecular formula is C12H16Cl2N2OS. The number of thioether (sulfide) groups is 1. The fourth-order valence-corrected chi connectivity index (χ4v) is 2.32. The summed E-state index contributed by atoms with van der Waals surface area (Å²) in [6, 6.07) is 2.95. The van der Waals surface area contributed by atoms with Crippen LogP contribution in [0.25, 0.3) is 0 Å². The predicted molar refractivity (Wildman–Crippen MR) is 80.8 cm³/mol. The molecule has 0 aliphatic carbocycles. The van der Waals surface area contributed by atoms with Gasteiger partial charge in [0.1, 0.15) is 0 Å². The van der Waals surface area contributed by atoms with E-state index in [1.165, 1.54) is 0 Å². The van der Waals surface area contributed by atoms with Gasteiger partial charge < -0.3 is 11.1 Å². The van der Waals surface area contributed by atoms with Crippen LogP contribution in [0.1, 0.15) is 12.0 Å². The third kappa shape index (κ3) is 4.05. The maximum absolute atomic E-state index is 11.9. The number of aryl methyl sites for hydroxylation is 1. The van der Waals surface area contributed by atoms with Crippen molar-refractivity contribution in [3.63, 3.8) is 0 Å². The fourth-order valence-electron chi connectivity index (χ4n) is 1.36. The summed E-state index contributed by atoms with van der Waals surface area (Å²) in [4.78, 5) is 11.9. The van der Waals surface area contributed by atoms with Crippen molar-refractivity contribution in [3.05, 3.63) is 27.7 Å². The molecule has 0 saturated carbocycles. The van der Waals surface area contributed by atoms with Crippen molar-refractivity contribution in [2.24, 2.45) is 5.73 Å². The number of nitrogens with one attached hydrogen (secondary N) is 1. The molecule has 0 aliphatic heterocycles. The third-order valence-electron chi connectivity index (χ3n) is 2.50. The second-order valence-electron chi connectivity index (χ2n) is 3.93. The van der Waals surface area contributed by atoms with Gasteiger partial charge in [0.25, 0.3) is 0 Å². The Labute approximate surface area is 121 Å². The Morgan fingerprint density at radius 1 is 1.50 bits per heavy atom. The van der Waals surface area contributed by atoms with Crippen molar-refractivity contribution in [2.75, 3.05) is 17.3 Å². The van der Waals surface area contributed by atoms with Gasteiger partial charge in [-0.3, -0.25) is 4.79 Å². The molecule has 0 radical (unpaired) electrons. The van der Waals surface area contributed by atoms with E-state index in [0.717, 1.165) is 11.3 Å². The highest BCUT2D eigenvalue weighted by atomic mass is 35.5. The summed E-state index contributed by atoms with van der Waals surface area (Å²) >= 11 is 13.8. The number of anilines is 1. The Bertz CT molecular complexity index is 440. The first-order valence-corrected chi connectivity index (χ1v) is 7.62. The molecule has 0 spiro atoms. The van der Waals surface area contributed by atoms with E-state index in [0.29, 0.717) is 22.2 Å². The number of hydrogen-bond acceptors (Lipinski definition) is 3. The van der Waals surface area contributed by atoms with E-state index in [1.807, 2.05) is 13.2 Å². The van der Waals surface area contributed by atoms with Gasteiger partial charge in [0.2, 0.25) is 5.91 Å². The summed E-state index contributed by atoms with van der Waals surface area (Å²) < 4.78 is 0. The first kappa shape index (κ1) is 15.6. The van der Waals surface area contributed by atoms with Gasteiger partial charge in [0.05, 0.1) is 21.8 Å². The average Bonchev–Trinajstić information content (AvgIpc) is 2.36. The molecule has 1 aromatic carbocycles. The summed E-state index contributed by atoms with van der Waals surface area (Å²) in [6.45, 7) is 1.85. The lowest BCUT2D eigenvalue weighted by molar-refractivity contribution is -0.117. The monoisotopic (exact) mass is 306 g/mol. The van der Waals surface area contributed by atoms with E-state index in [2.05, 4.69) is 5.32 Å². The van der Waals surface area contributed by atoms with Crippen LogP contribution < -0.4 is 11.1 Å². The van der Waals surface area contributed by atoms with Gasteiger partial charge in [0.15, 0.2) is 0 Å². The standard InChI is InChI=1S/C12H16Cl2N2OS/c1-7-3-4-8(13)11(10(7)14)16-12(17)9(15)5-6-18-2/h3-4,9H,5-6,15H2,1-2H3,(H,16,17)/t9-/m1/s1. The van der Waals surface area contributed by atoms with Gasteiger partial charge in [-0.15, -0.1) is 0 Å². The van der Waals surface area contributed by atoms with Crippen LogP contribution in [0.3, 0.4) is 0 Å². The molecule has 0 bridgehead atoms. The minimum absolute atomic E-state index is 0.265. The molecular weight excluding hydrogens is 291 g/mol. The van der Waals surface area contributed by atoms with Crippen LogP contribution in [0.2, 0.25) is 10.0 Å². The zero-order valence-corrected chi connectivity index (χ0v) is 12.6. The summed E-state index contributed by atoms with van der Waals surface area (Å²) in [7, 11) is 0. The molecule has 0 aromatic heterocycles. The van der Waals surface area contributed by atoms with Crippen LogP contribution in [0.15, 0.2) is 12.1 Å². The zero-order valence-electron chi connectivity index (χ0n) is 10.3. The molecule has 100 valence electrons. The number of halogens is 2. The largest absolute Gasteiger partial charge is 0.322 e. The second-order valence-corrected chi connectivity index (χ2v) is 5.70. The first-order chi connectivity index (χ1) is 8.47. The van der Waals surface area contributed by atoms with E-state index >= 15 is 0 Å². The van der Waals surface area contributed by atoms with Crippen LogP contribution in [0.4, 0.5) is 5.69 Å². The molecule has 1 rings (SSSR count). The number of nitrogens with two attached hydrogens (primary N) is 1. The Balaban J connectivity index is 2.79. The van der Waals surface area contributed by atoms with Gasteiger partial charge in [-0.25, -0.2) is 0 Å². The van der Waals surface area contributed by atoms with E-state index in [4.69, 9.17) is 28.9 Å². The van der Waals surface area contributed by atoms with Crippen LogP contribution in [-0.4, -0.2) is 24.0 Å². The molecule has 3 nitrogen and oxygen atoms in total. The number of carbonyl (C=O) groups is 1. The summed E-state index contributed by atoms with van der Waals surface area (Å²) in [5.74, 6) is 0.572. The number of carbonyl (C=O) groups excluding carboxylic acids is 1. The molecule has 18 heavy (non-hydrogen) atoms. The van der Waals surface area contributed by atoms with Crippen LogP contribution in [0, 0.1) is 6.92 Å². The Morgan fingerprint density at radius 3 is 2.78 bits per heavy atom. The quantitative estimate of drug-likeness (QED) is 0.877. The fraction of sp³-hybridized carbons (Fsp3) is 0.417. The number of benzene rings is 1. The average molecular weight is 307 g/mol. The number of amides is 1. The van der Waals surface area contributed by atoms with Crippen LogP contribution >= 0.6 is 35.0 Å². The molecule has 0 unspecified atom stereocenters. The summed E-state index contributed by atoms with van der Waals surface area (Å²) in [5.41, 5.74) is 7.07. The van der Waals surface area contributed by atoms with Crippen molar-refractivity contribution in [3.8, 4) is 0 Å². The Kier molecular flexibility index (Phi) is 6.29. The highest BCUT2D eigenvalue weighted by Crippen LogP contribution is 2.32. The summed E-state index contributed by atoms with van der Waals surface area (Å²) in [6.07, 6.45) is 2.59. The molecule has 0 fully saturated rings. The van der Waals surface area contributed by atoms with Gasteiger partial charge in [-0.2, -0.15) is 11.8 Å². The SMILES string of the molecule is CSCC[C@@H](N)C(=O)Nc1c(Cl)ccc(C)c1Cl. The summed E-state index contributed by atoms with van der Waals surface area (Å²) in [5, 5.41) is 3.56. The van der Waals surface area contributed by atoms with Crippen LogP contribution in [-0.2, 0) is 4.79 Å². The minimum atomic E-state index is -0.551. The normalized spacial score (nSPS) is 12.3. The second kappa shape index (κ2) is 7.24. The molecule has 0 aliphatic rings. The maximum Gasteiger partial charge on any atom is 0.241 e. The smallest absolute Gasteiger partial charge is 0.241 e. The lowest BCUT2D eigenvalue weighted by Crippen LogP contribution is -2.36. The van der Waals surface area contributed by atoms with E-state index in [9.17, 15) is 4.79 Å². The Morgan fingerprint density at radius 2 is 2.17 bits per heavy atom. The van der Waals surface area contributed by atoms with Gasteiger partial charge in [-0.1, -0.05) is 29.3 Å². The highest BCUT2D eigenvalue weighted by molar-refractivity contribution is 7.98. The molecule has 1 aromatic rings. The Hall–Kier alpha value is -0.420. The predicted octanol–water partition coefficient (Wildman–Crippen LogP) is 3.32. The number of rotatable bonds is 5. The first-order valence-electron chi connectivity index (χ1n) is 5.47. The molecule has 0 saturated heterocycles.